The summed E-state index contributed by atoms with van der Waals surface area (Å²) in [5.74, 6) is 0. The molecule has 0 aliphatic heterocycles. The van der Waals surface area contributed by atoms with Crippen LogP contribution in [0.4, 0.5) is 0 Å². The van der Waals surface area contributed by atoms with Crippen molar-refractivity contribution in [2.24, 2.45) is 0 Å². The van der Waals surface area contributed by atoms with Crippen molar-refractivity contribution >= 4 is 90.2 Å². The Balaban J connectivity index is 0.000000197. The Kier molecular flexibility index (Phi) is 15.9. The molecule has 4 rings (SSSR count). The van der Waals surface area contributed by atoms with Gasteiger partial charge in [0.15, 0.2) is 8.68 Å². The van der Waals surface area contributed by atoms with E-state index >= 15 is 0 Å². The minimum atomic E-state index is 0.0278. The second kappa shape index (κ2) is 18.7. The maximum absolute atomic E-state index is 8.37. The van der Waals surface area contributed by atoms with Crippen molar-refractivity contribution in [1.29, 1.82) is 10.5 Å². The average molecular weight is 583 g/mol. The van der Waals surface area contributed by atoms with Crippen LogP contribution in [0.1, 0.15) is 0 Å². The van der Waals surface area contributed by atoms with Crippen LogP contribution in [0.25, 0.3) is 20.4 Å². The van der Waals surface area contributed by atoms with Gasteiger partial charge in [0, 0.05) is 0 Å². The lowest BCUT2D eigenvalue weighted by molar-refractivity contribution is 0.0650. The predicted octanol–water partition coefficient (Wildman–Crippen LogP) is 6.11. The number of aromatic nitrogens is 2. The van der Waals surface area contributed by atoms with Crippen molar-refractivity contribution in [2.45, 2.75) is 8.68 Å². The molecule has 0 bridgehead atoms. The van der Waals surface area contributed by atoms with Gasteiger partial charge in [0.2, 0.25) is 0 Å². The number of hydrogen-bond donors (Lipinski definition) is 2. The second-order valence-corrected chi connectivity index (χ2v) is 12.7. The Morgan fingerprint density at radius 3 is 1.54 bits per heavy atom. The van der Waals surface area contributed by atoms with Crippen LogP contribution in [0.15, 0.2) is 57.2 Å². The molecule has 0 atom stereocenters. The molecule has 2 heterocycles. The highest BCUT2D eigenvalue weighted by atomic mass is 32.2. The highest BCUT2D eigenvalue weighted by molar-refractivity contribution is 8.19. The Hall–Kier alpha value is -1.52. The van der Waals surface area contributed by atoms with Gasteiger partial charge in [-0.05, 0) is 47.8 Å². The van der Waals surface area contributed by atoms with Gasteiger partial charge in [0.05, 0.1) is 57.0 Å². The minimum absolute atomic E-state index is 0.0278. The molecule has 0 saturated carbocycles. The van der Waals surface area contributed by atoms with E-state index < -0.39 is 0 Å². The van der Waals surface area contributed by atoms with E-state index in [4.69, 9.17) is 20.7 Å². The fourth-order valence-corrected chi connectivity index (χ4v) is 7.56. The van der Waals surface area contributed by atoms with E-state index in [0.29, 0.717) is 13.2 Å². The third kappa shape index (κ3) is 11.8. The molecule has 0 fully saturated rings. The van der Waals surface area contributed by atoms with Crippen LogP contribution in [0.3, 0.4) is 0 Å². The number of para-hydroxylation sites is 2. The molecule has 4 aromatic rings. The summed E-state index contributed by atoms with van der Waals surface area (Å²) in [6.07, 6.45) is 0. The third-order valence-electron chi connectivity index (χ3n) is 3.63. The molecule has 2 aromatic heterocycles. The van der Waals surface area contributed by atoms with E-state index in [2.05, 4.69) is 26.8 Å². The van der Waals surface area contributed by atoms with Gasteiger partial charge in [0.1, 0.15) is 10.8 Å². The Morgan fingerprint density at radius 2 is 1.17 bits per heavy atom. The van der Waals surface area contributed by atoms with E-state index in [1.54, 1.807) is 46.2 Å². The monoisotopic (exact) mass is 582 g/mol. The molecular formula is C22H22N4O3S6. The van der Waals surface area contributed by atoms with Gasteiger partial charge in [-0.2, -0.15) is 10.5 Å². The smallest absolute Gasteiger partial charge is 0.151 e. The van der Waals surface area contributed by atoms with E-state index in [1.165, 1.54) is 32.9 Å². The summed E-state index contributed by atoms with van der Waals surface area (Å²) in [4.78, 5) is 8.89. The van der Waals surface area contributed by atoms with Gasteiger partial charge in [-0.1, -0.05) is 47.8 Å². The van der Waals surface area contributed by atoms with E-state index in [9.17, 15) is 0 Å². The summed E-state index contributed by atoms with van der Waals surface area (Å²) in [6, 6.07) is 16.1. The minimum Gasteiger partial charge on any atom is -0.394 e. The number of thiazole rings is 2. The molecule has 0 saturated heterocycles. The first-order valence-electron chi connectivity index (χ1n) is 9.99. The Morgan fingerprint density at radius 1 is 0.743 bits per heavy atom. The SMILES string of the molecule is N#CSCSc1nc2ccccc2s1.N#CSCSc1nc2ccccc2s1.OCCOCCO. The molecule has 0 amide bonds. The van der Waals surface area contributed by atoms with Crippen molar-refractivity contribution in [3.8, 4) is 10.8 Å². The van der Waals surface area contributed by atoms with Crippen molar-refractivity contribution in [2.75, 3.05) is 36.6 Å². The fourth-order valence-electron chi connectivity index (χ4n) is 2.27. The van der Waals surface area contributed by atoms with Gasteiger partial charge < -0.3 is 14.9 Å². The number of fused-ring (bicyclic) bond motifs is 2. The topological polar surface area (TPSA) is 123 Å². The lowest BCUT2D eigenvalue weighted by atomic mass is 10.3. The van der Waals surface area contributed by atoms with E-state index in [-0.39, 0.29) is 13.2 Å². The standard InChI is InChI=1S/2C9H6N2S3.C4H10O3/c2*10-5-12-6-13-9-11-7-3-1-2-4-8(7)14-9;5-1-3-7-4-2-6/h2*1-4H,6H2;5-6H,1-4H2. The first-order chi connectivity index (χ1) is 17.2. The zero-order chi connectivity index (χ0) is 25.1. The van der Waals surface area contributed by atoms with Crippen LogP contribution >= 0.6 is 69.7 Å². The molecule has 35 heavy (non-hydrogen) atoms. The molecule has 2 aromatic carbocycles. The lowest BCUT2D eigenvalue weighted by Gasteiger charge is -1.94. The highest BCUT2D eigenvalue weighted by Crippen LogP contribution is 2.31. The van der Waals surface area contributed by atoms with Crippen molar-refractivity contribution < 1.29 is 14.9 Å². The molecule has 7 nitrogen and oxygen atoms in total. The Labute approximate surface area is 228 Å². The first kappa shape index (κ1) is 29.7. The number of nitrogens with zero attached hydrogens (tertiary/aromatic N) is 4. The van der Waals surface area contributed by atoms with Crippen molar-refractivity contribution in [3.05, 3.63) is 48.5 Å². The average Bonchev–Trinajstić information content (AvgIpc) is 3.49. The lowest BCUT2D eigenvalue weighted by Crippen LogP contribution is -2.03. The number of aliphatic hydroxyl groups is 2. The molecule has 0 aliphatic rings. The molecule has 0 spiro atoms. The molecule has 2 N–H and O–H groups in total. The van der Waals surface area contributed by atoms with Crippen LogP contribution in [0.2, 0.25) is 0 Å². The highest BCUT2D eigenvalue weighted by Gasteiger charge is 2.03. The summed E-state index contributed by atoms with van der Waals surface area (Å²) >= 11 is 9.09. The van der Waals surface area contributed by atoms with E-state index in [0.717, 1.165) is 29.9 Å². The van der Waals surface area contributed by atoms with Crippen LogP contribution in [-0.4, -0.2) is 56.8 Å². The third-order valence-corrected chi connectivity index (χ3v) is 9.32. The molecule has 0 radical (unpaired) electrons. The predicted molar refractivity (Wildman–Crippen MR) is 152 cm³/mol. The van der Waals surface area contributed by atoms with Crippen molar-refractivity contribution in [3.63, 3.8) is 0 Å². The summed E-state index contributed by atoms with van der Waals surface area (Å²) in [5.41, 5.74) is 2.09. The van der Waals surface area contributed by atoms with Gasteiger partial charge in [-0.15, -0.1) is 22.7 Å². The van der Waals surface area contributed by atoms with Crippen molar-refractivity contribution in [1.82, 2.24) is 9.97 Å². The van der Waals surface area contributed by atoms with Crippen LogP contribution in [0.5, 0.6) is 0 Å². The number of rotatable bonds is 10. The van der Waals surface area contributed by atoms with Gasteiger partial charge in [-0.25, -0.2) is 9.97 Å². The van der Waals surface area contributed by atoms with Gasteiger partial charge >= 0.3 is 0 Å². The number of ether oxygens (including phenoxy) is 1. The first-order valence-corrected chi connectivity index (χ1v) is 15.6. The summed E-state index contributed by atoms with van der Waals surface area (Å²) in [6.45, 7) is 0.696. The second-order valence-electron chi connectivity index (χ2n) is 5.95. The zero-order valence-corrected chi connectivity index (χ0v) is 23.3. The van der Waals surface area contributed by atoms with Crippen LogP contribution < -0.4 is 0 Å². The number of aliphatic hydroxyl groups excluding tert-OH is 2. The van der Waals surface area contributed by atoms with Gasteiger partial charge in [-0.3, -0.25) is 0 Å². The summed E-state index contributed by atoms with van der Waals surface area (Å²) < 4.78 is 9.12. The summed E-state index contributed by atoms with van der Waals surface area (Å²) in [5, 5.41) is 38.5. The van der Waals surface area contributed by atoms with Crippen LogP contribution in [0, 0.1) is 21.3 Å². The van der Waals surface area contributed by atoms with Gasteiger partial charge in [0.25, 0.3) is 0 Å². The molecular weight excluding hydrogens is 561 g/mol. The fraction of sp³-hybridized carbons (Fsp3) is 0.273. The molecule has 184 valence electrons. The van der Waals surface area contributed by atoms with Crippen LogP contribution in [-0.2, 0) is 4.74 Å². The normalized spacial score (nSPS) is 10.1. The maximum Gasteiger partial charge on any atom is 0.151 e. The molecule has 0 unspecified atom stereocenters. The number of thioether (sulfide) groups is 4. The largest absolute Gasteiger partial charge is 0.394 e. The number of benzene rings is 2. The zero-order valence-electron chi connectivity index (χ0n) is 18.4. The molecule has 13 heteroatoms. The van der Waals surface area contributed by atoms with E-state index in [1.807, 2.05) is 47.2 Å². The number of nitriles is 2. The Bertz CT molecular complexity index is 1060. The molecule has 0 aliphatic carbocycles. The quantitative estimate of drug-likeness (QED) is 0.0974. The summed E-state index contributed by atoms with van der Waals surface area (Å²) in [7, 11) is 0. The maximum atomic E-state index is 8.37. The number of thiocyanates is 2. The number of hydrogen-bond acceptors (Lipinski definition) is 13.